The van der Waals surface area contributed by atoms with Crippen molar-refractivity contribution in [2.75, 3.05) is 47.5 Å². The minimum Gasteiger partial charge on any atom is -0.477 e. The Morgan fingerprint density at radius 3 is 1.14 bits per heavy atom. The summed E-state index contributed by atoms with van der Waals surface area (Å²) < 4.78 is 22.9. The molecule has 0 radical (unpaired) electrons. The molecule has 0 saturated carbocycles. The summed E-state index contributed by atoms with van der Waals surface area (Å²) in [6, 6.07) is 0. The summed E-state index contributed by atoms with van der Waals surface area (Å²) in [5, 5.41) is 9.70. The first kappa shape index (κ1) is 66.2. The van der Waals surface area contributed by atoms with Crippen LogP contribution in [0.2, 0.25) is 0 Å². The molecule has 0 spiro atoms. The Bertz CT molecular complexity index is 1270. The number of likely N-dealkylation sites (N-methyl/N-ethyl adjacent to an activating group) is 1. The van der Waals surface area contributed by atoms with Crippen molar-refractivity contribution >= 4 is 17.9 Å². The number of carboxylic acids is 1. The molecule has 2 atom stereocenters. The zero-order valence-electron chi connectivity index (χ0n) is 45.7. The quantitative estimate of drug-likeness (QED) is 0.0211. The Balaban J connectivity index is 4.27. The first-order valence-electron chi connectivity index (χ1n) is 28.8. The maximum Gasteiger partial charge on any atom is 0.361 e. The van der Waals surface area contributed by atoms with Crippen molar-refractivity contribution in [2.45, 2.75) is 270 Å². The van der Waals surface area contributed by atoms with Crippen molar-refractivity contribution in [1.82, 2.24) is 0 Å². The molecule has 9 heteroatoms. The molecule has 0 bridgehead atoms. The number of carbonyl (C=O) groups is 3. The van der Waals surface area contributed by atoms with Crippen LogP contribution in [0.1, 0.15) is 258 Å². The van der Waals surface area contributed by atoms with Gasteiger partial charge in [0.05, 0.1) is 34.4 Å². The van der Waals surface area contributed by atoms with Crippen LogP contribution in [0.5, 0.6) is 0 Å². The fourth-order valence-corrected chi connectivity index (χ4v) is 8.07. The molecule has 402 valence electrons. The van der Waals surface area contributed by atoms with Gasteiger partial charge in [-0.25, -0.2) is 4.79 Å². The standard InChI is InChI=1S/C60H109NO8/c1-6-8-10-12-14-16-18-20-22-24-26-28-29-31-33-35-37-39-41-43-45-47-49-51-58(63)69-56(55-68-60(59(64)65)66-53-52-61(3,4)5)54-67-57(62)50-48-46-44-42-40-38-36-34-32-30-27-25-23-21-19-17-15-13-11-9-7-2/h18-21,24-27,56,60H,6-17,22-23,28-55H2,1-5H3/p+1/b20-18-,21-19-,26-24-,27-25-. The monoisotopic (exact) mass is 973 g/mol. The van der Waals surface area contributed by atoms with Gasteiger partial charge < -0.3 is 28.5 Å². The predicted octanol–water partition coefficient (Wildman–Crippen LogP) is 16.7. The average Bonchev–Trinajstić information content (AvgIpc) is 3.31. The largest absolute Gasteiger partial charge is 0.477 e. The number of allylic oxidation sites excluding steroid dienone is 8. The molecule has 0 aromatic carbocycles. The van der Waals surface area contributed by atoms with Gasteiger partial charge in [0, 0.05) is 12.8 Å². The highest BCUT2D eigenvalue weighted by Gasteiger charge is 2.25. The van der Waals surface area contributed by atoms with Gasteiger partial charge in [0.25, 0.3) is 6.29 Å². The second kappa shape index (κ2) is 51.6. The number of hydrogen-bond acceptors (Lipinski definition) is 7. The molecular formula is C60H110NO8+. The predicted molar refractivity (Wildman–Crippen MR) is 290 cm³/mol. The Labute approximate surface area is 425 Å². The summed E-state index contributed by atoms with van der Waals surface area (Å²) in [6.07, 6.45) is 60.3. The van der Waals surface area contributed by atoms with Gasteiger partial charge in [-0.05, 0) is 77.0 Å². The fourth-order valence-electron chi connectivity index (χ4n) is 8.07. The van der Waals surface area contributed by atoms with Crippen LogP contribution in [0.4, 0.5) is 0 Å². The molecular weight excluding hydrogens is 863 g/mol. The molecule has 0 amide bonds. The number of esters is 2. The number of rotatable bonds is 53. The number of quaternary nitrogens is 1. The van der Waals surface area contributed by atoms with Crippen molar-refractivity contribution < 1.29 is 42.9 Å². The summed E-state index contributed by atoms with van der Waals surface area (Å²) in [5.41, 5.74) is 0. The molecule has 1 N–H and O–H groups in total. The van der Waals surface area contributed by atoms with E-state index in [0.717, 1.165) is 51.4 Å². The third kappa shape index (κ3) is 52.9. The van der Waals surface area contributed by atoms with Crippen LogP contribution in [0.25, 0.3) is 0 Å². The van der Waals surface area contributed by atoms with Crippen LogP contribution in [0.15, 0.2) is 48.6 Å². The van der Waals surface area contributed by atoms with Gasteiger partial charge in [-0.2, -0.15) is 0 Å². The van der Waals surface area contributed by atoms with Crippen LogP contribution in [0, 0.1) is 0 Å². The van der Waals surface area contributed by atoms with E-state index in [0.29, 0.717) is 17.4 Å². The molecule has 0 aromatic rings. The fraction of sp³-hybridized carbons (Fsp3) is 0.817. The molecule has 9 nitrogen and oxygen atoms in total. The maximum absolute atomic E-state index is 12.9. The Morgan fingerprint density at radius 1 is 0.435 bits per heavy atom. The summed E-state index contributed by atoms with van der Waals surface area (Å²) in [7, 11) is 5.97. The van der Waals surface area contributed by atoms with E-state index in [2.05, 4.69) is 62.5 Å². The lowest BCUT2D eigenvalue weighted by Gasteiger charge is -2.25. The summed E-state index contributed by atoms with van der Waals surface area (Å²) in [6.45, 7) is 4.87. The van der Waals surface area contributed by atoms with Crippen LogP contribution in [-0.2, 0) is 33.3 Å². The molecule has 69 heavy (non-hydrogen) atoms. The minimum absolute atomic E-state index is 0.184. The van der Waals surface area contributed by atoms with Crippen LogP contribution in [-0.4, -0.2) is 87.4 Å². The molecule has 0 saturated heterocycles. The van der Waals surface area contributed by atoms with E-state index in [9.17, 15) is 19.5 Å². The van der Waals surface area contributed by atoms with E-state index in [-0.39, 0.29) is 32.2 Å². The van der Waals surface area contributed by atoms with Crippen LogP contribution >= 0.6 is 0 Å². The number of ether oxygens (including phenoxy) is 4. The topological polar surface area (TPSA) is 108 Å². The van der Waals surface area contributed by atoms with Crippen LogP contribution < -0.4 is 0 Å². The molecule has 0 aliphatic rings. The van der Waals surface area contributed by atoms with E-state index >= 15 is 0 Å². The molecule has 0 aromatic heterocycles. The summed E-state index contributed by atoms with van der Waals surface area (Å²) in [5.74, 6) is -2.00. The lowest BCUT2D eigenvalue weighted by molar-refractivity contribution is -0.870. The highest BCUT2D eigenvalue weighted by Crippen LogP contribution is 2.16. The van der Waals surface area contributed by atoms with Gasteiger partial charge in [0.2, 0.25) is 0 Å². The summed E-state index contributed by atoms with van der Waals surface area (Å²) >= 11 is 0. The maximum atomic E-state index is 12.9. The number of nitrogens with zero attached hydrogens (tertiary/aromatic N) is 1. The first-order valence-corrected chi connectivity index (χ1v) is 28.8. The molecule has 0 heterocycles. The highest BCUT2D eigenvalue weighted by molar-refractivity contribution is 5.71. The second-order valence-electron chi connectivity index (χ2n) is 20.6. The zero-order valence-corrected chi connectivity index (χ0v) is 45.7. The van der Waals surface area contributed by atoms with Crippen molar-refractivity contribution in [1.29, 1.82) is 0 Å². The highest BCUT2D eigenvalue weighted by atomic mass is 16.7. The van der Waals surface area contributed by atoms with Crippen molar-refractivity contribution in [3.63, 3.8) is 0 Å². The molecule has 0 rings (SSSR count). The third-order valence-electron chi connectivity index (χ3n) is 12.6. The van der Waals surface area contributed by atoms with Gasteiger partial charge in [0.15, 0.2) is 6.10 Å². The number of hydrogen-bond donors (Lipinski definition) is 1. The average molecular weight is 974 g/mol. The van der Waals surface area contributed by atoms with Crippen molar-refractivity contribution in [3.8, 4) is 0 Å². The van der Waals surface area contributed by atoms with Gasteiger partial charge >= 0.3 is 17.9 Å². The summed E-state index contributed by atoms with van der Waals surface area (Å²) in [4.78, 5) is 37.4. The lowest BCUT2D eigenvalue weighted by Crippen LogP contribution is -2.40. The Morgan fingerprint density at radius 2 is 0.783 bits per heavy atom. The number of aliphatic carboxylic acids is 1. The number of carboxylic acid groups (broad SMARTS) is 1. The molecule has 0 fully saturated rings. The van der Waals surface area contributed by atoms with Crippen LogP contribution in [0.3, 0.4) is 0 Å². The van der Waals surface area contributed by atoms with E-state index in [1.54, 1.807) is 0 Å². The van der Waals surface area contributed by atoms with Crippen molar-refractivity contribution in [2.24, 2.45) is 0 Å². The Hall–Kier alpha value is -2.75. The van der Waals surface area contributed by atoms with E-state index in [1.807, 2.05) is 21.1 Å². The second-order valence-corrected chi connectivity index (χ2v) is 20.6. The molecule has 0 aliphatic carbocycles. The molecule has 2 unspecified atom stereocenters. The molecule has 0 aliphatic heterocycles. The van der Waals surface area contributed by atoms with E-state index < -0.39 is 24.3 Å². The van der Waals surface area contributed by atoms with Gasteiger partial charge in [-0.15, -0.1) is 0 Å². The van der Waals surface area contributed by atoms with Gasteiger partial charge in [-0.1, -0.05) is 217 Å². The SMILES string of the molecule is CCCCCCC/C=C\C/C=C\CCCCCCCCCCCCCC(=O)OC(COC(=O)CCCCCCCCCCC/C=C\C/C=C\CCCCCCC)COC(OCC[N+](C)(C)C)C(=O)O. The zero-order chi connectivity index (χ0) is 50.6. The van der Waals surface area contributed by atoms with Gasteiger partial charge in [-0.3, -0.25) is 9.59 Å². The number of carbonyl (C=O) groups excluding carboxylic acids is 2. The first-order chi connectivity index (χ1) is 33.6. The third-order valence-corrected chi connectivity index (χ3v) is 12.6. The van der Waals surface area contributed by atoms with Crippen molar-refractivity contribution in [3.05, 3.63) is 48.6 Å². The normalized spacial score (nSPS) is 13.1. The smallest absolute Gasteiger partial charge is 0.361 e. The lowest BCUT2D eigenvalue weighted by atomic mass is 10.0. The Kier molecular flexibility index (Phi) is 49.5. The van der Waals surface area contributed by atoms with E-state index in [1.165, 1.54) is 180 Å². The van der Waals surface area contributed by atoms with E-state index in [4.69, 9.17) is 18.9 Å². The number of unbranched alkanes of at least 4 members (excludes halogenated alkanes) is 30. The van der Waals surface area contributed by atoms with Gasteiger partial charge in [0.1, 0.15) is 13.2 Å². The minimum atomic E-state index is -1.51.